The number of rotatable bonds is 2. The Labute approximate surface area is 91.3 Å². The molecule has 1 atom stereocenters. The number of nitrogens with zero attached hydrogens (tertiary/aromatic N) is 1. The Morgan fingerprint density at radius 1 is 1.40 bits per heavy atom. The van der Waals surface area contributed by atoms with Crippen LogP contribution in [-0.4, -0.2) is 11.6 Å². The fraction of sp³-hybridized carbons (Fsp3) is 0.833. The van der Waals surface area contributed by atoms with E-state index in [-0.39, 0.29) is 11.3 Å². The van der Waals surface area contributed by atoms with E-state index < -0.39 is 0 Å². The van der Waals surface area contributed by atoms with E-state index in [2.05, 4.69) is 24.4 Å². The van der Waals surface area contributed by atoms with Gasteiger partial charge in [-0.1, -0.05) is 26.2 Å². The molecule has 3 heteroatoms. The van der Waals surface area contributed by atoms with Crippen LogP contribution in [0, 0.1) is 11.3 Å². The smallest absolute Gasteiger partial charge is 0.252 e. The Balaban J connectivity index is 2.22. The Bertz CT molecular complexity index is 292. The molecule has 0 bridgehead atoms. The van der Waals surface area contributed by atoms with E-state index in [0.29, 0.717) is 5.92 Å². The fourth-order valence-electron chi connectivity index (χ4n) is 3.03. The largest absolute Gasteiger partial charge is 0.272 e. The molecule has 3 nitrogen and oxygen atoms in total. The van der Waals surface area contributed by atoms with Crippen molar-refractivity contribution in [1.82, 2.24) is 5.43 Å². The maximum absolute atomic E-state index is 11.9. The van der Waals surface area contributed by atoms with Gasteiger partial charge in [0, 0.05) is 0 Å². The zero-order valence-electron chi connectivity index (χ0n) is 9.68. The highest BCUT2D eigenvalue weighted by Gasteiger charge is 2.48. The van der Waals surface area contributed by atoms with E-state index in [4.69, 9.17) is 0 Å². The lowest BCUT2D eigenvalue weighted by molar-refractivity contribution is -0.128. The molecular formula is C12H20N2O. The summed E-state index contributed by atoms with van der Waals surface area (Å²) in [4.78, 5) is 11.9. The first kappa shape index (κ1) is 10.7. The van der Waals surface area contributed by atoms with E-state index >= 15 is 0 Å². The number of hydrazone groups is 1. The van der Waals surface area contributed by atoms with Crippen molar-refractivity contribution in [3.8, 4) is 0 Å². The molecule has 0 spiro atoms. The van der Waals surface area contributed by atoms with Gasteiger partial charge in [-0.3, -0.25) is 4.79 Å². The topological polar surface area (TPSA) is 41.5 Å². The first-order valence-electron chi connectivity index (χ1n) is 6.07. The lowest BCUT2D eigenvalue weighted by atomic mass is 9.66. The van der Waals surface area contributed by atoms with E-state index in [9.17, 15) is 4.79 Å². The van der Waals surface area contributed by atoms with E-state index in [1.807, 2.05) is 0 Å². The summed E-state index contributed by atoms with van der Waals surface area (Å²) in [6, 6.07) is 0. The molecule has 1 aliphatic heterocycles. The molecule has 1 aliphatic carbocycles. The summed E-state index contributed by atoms with van der Waals surface area (Å²) in [6.07, 6.45) is 7.11. The third-order valence-electron chi connectivity index (χ3n) is 4.12. The predicted octanol–water partition coefficient (Wildman–Crippen LogP) is 2.47. The van der Waals surface area contributed by atoms with Crippen molar-refractivity contribution >= 4 is 11.6 Å². The molecule has 15 heavy (non-hydrogen) atoms. The van der Waals surface area contributed by atoms with E-state index in [1.54, 1.807) is 0 Å². The lowest BCUT2D eigenvalue weighted by Gasteiger charge is -2.35. The summed E-state index contributed by atoms with van der Waals surface area (Å²) >= 11 is 0. The van der Waals surface area contributed by atoms with E-state index in [1.165, 1.54) is 32.1 Å². The molecule has 1 unspecified atom stereocenters. The van der Waals surface area contributed by atoms with Crippen LogP contribution in [-0.2, 0) is 4.79 Å². The van der Waals surface area contributed by atoms with Crippen molar-refractivity contribution in [1.29, 1.82) is 0 Å². The Morgan fingerprint density at radius 2 is 2.07 bits per heavy atom. The standard InChI is InChI=1S/C12H20N2O/c1-3-10-12(2,11(15)14-13-10)9-7-5-4-6-8-9/h9H,3-8H2,1-2H3,(H,14,15). The molecule has 2 rings (SSSR count). The minimum atomic E-state index is -0.310. The normalized spacial score (nSPS) is 32.7. The predicted molar refractivity (Wildman–Crippen MR) is 60.6 cm³/mol. The Hall–Kier alpha value is -0.860. The highest BCUT2D eigenvalue weighted by atomic mass is 16.2. The van der Waals surface area contributed by atoms with Gasteiger partial charge in [-0.05, 0) is 32.1 Å². The van der Waals surface area contributed by atoms with Gasteiger partial charge >= 0.3 is 0 Å². The molecular weight excluding hydrogens is 188 g/mol. The monoisotopic (exact) mass is 208 g/mol. The zero-order chi connectivity index (χ0) is 10.9. The van der Waals surface area contributed by atoms with Crippen molar-refractivity contribution in [2.24, 2.45) is 16.4 Å². The van der Waals surface area contributed by atoms with Crippen LogP contribution in [0.1, 0.15) is 52.4 Å². The van der Waals surface area contributed by atoms with Gasteiger partial charge < -0.3 is 0 Å². The van der Waals surface area contributed by atoms with Gasteiger partial charge in [0.1, 0.15) is 0 Å². The maximum atomic E-state index is 11.9. The molecule has 1 saturated carbocycles. The second kappa shape index (κ2) is 3.95. The van der Waals surface area contributed by atoms with Crippen LogP contribution in [0.3, 0.4) is 0 Å². The fourth-order valence-corrected chi connectivity index (χ4v) is 3.03. The Kier molecular flexibility index (Phi) is 2.81. The van der Waals surface area contributed by atoms with Gasteiger partial charge in [0.05, 0.1) is 11.1 Å². The van der Waals surface area contributed by atoms with Crippen LogP contribution in [0.15, 0.2) is 5.10 Å². The summed E-state index contributed by atoms with van der Waals surface area (Å²) < 4.78 is 0. The van der Waals surface area contributed by atoms with Gasteiger partial charge in [-0.15, -0.1) is 0 Å². The van der Waals surface area contributed by atoms with Crippen LogP contribution in [0.4, 0.5) is 0 Å². The molecule has 1 heterocycles. The molecule has 84 valence electrons. The molecule has 0 aromatic heterocycles. The molecule has 0 aromatic carbocycles. The van der Waals surface area contributed by atoms with Crippen LogP contribution in [0.2, 0.25) is 0 Å². The number of hydrogen-bond donors (Lipinski definition) is 1. The van der Waals surface area contributed by atoms with Crippen molar-refractivity contribution in [3.63, 3.8) is 0 Å². The van der Waals surface area contributed by atoms with Crippen LogP contribution in [0.5, 0.6) is 0 Å². The van der Waals surface area contributed by atoms with Crippen LogP contribution < -0.4 is 5.43 Å². The maximum Gasteiger partial charge on any atom is 0.252 e. The van der Waals surface area contributed by atoms with Crippen molar-refractivity contribution in [3.05, 3.63) is 0 Å². The number of carbonyl (C=O) groups excluding carboxylic acids is 1. The Morgan fingerprint density at radius 3 is 2.67 bits per heavy atom. The van der Waals surface area contributed by atoms with Gasteiger partial charge in [0.15, 0.2) is 0 Å². The molecule has 0 radical (unpaired) electrons. The minimum Gasteiger partial charge on any atom is -0.272 e. The first-order chi connectivity index (χ1) is 7.19. The summed E-state index contributed by atoms with van der Waals surface area (Å²) in [5.41, 5.74) is 3.40. The molecule has 2 aliphatic rings. The summed E-state index contributed by atoms with van der Waals surface area (Å²) in [7, 11) is 0. The average Bonchev–Trinajstić information content (AvgIpc) is 2.58. The molecule has 1 N–H and O–H groups in total. The van der Waals surface area contributed by atoms with Crippen molar-refractivity contribution < 1.29 is 4.79 Å². The first-order valence-corrected chi connectivity index (χ1v) is 6.07. The lowest BCUT2D eigenvalue weighted by Crippen LogP contribution is -2.42. The number of amides is 1. The average molecular weight is 208 g/mol. The minimum absolute atomic E-state index is 0.117. The van der Waals surface area contributed by atoms with Crippen LogP contribution in [0.25, 0.3) is 0 Å². The summed E-state index contributed by atoms with van der Waals surface area (Å²) in [5.74, 6) is 0.624. The zero-order valence-corrected chi connectivity index (χ0v) is 9.68. The van der Waals surface area contributed by atoms with Gasteiger partial charge in [0.25, 0.3) is 5.91 Å². The molecule has 1 fully saturated rings. The van der Waals surface area contributed by atoms with Gasteiger partial charge in [0.2, 0.25) is 0 Å². The SMILES string of the molecule is CCC1=NNC(=O)C1(C)C1CCCCC1. The number of hydrogen-bond acceptors (Lipinski definition) is 2. The quantitative estimate of drug-likeness (QED) is 0.744. The molecule has 0 aromatic rings. The third-order valence-corrected chi connectivity index (χ3v) is 4.12. The summed E-state index contributed by atoms with van der Waals surface area (Å²) in [5, 5.41) is 4.18. The summed E-state index contributed by atoms with van der Waals surface area (Å²) in [6.45, 7) is 4.16. The van der Waals surface area contributed by atoms with Gasteiger partial charge in [-0.2, -0.15) is 5.10 Å². The highest BCUT2D eigenvalue weighted by Crippen LogP contribution is 2.42. The highest BCUT2D eigenvalue weighted by molar-refractivity contribution is 6.12. The van der Waals surface area contributed by atoms with Crippen molar-refractivity contribution in [2.75, 3.05) is 0 Å². The number of nitrogens with one attached hydrogen (secondary N) is 1. The van der Waals surface area contributed by atoms with Crippen LogP contribution >= 0.6 is 0 Å². The number of carbonyl (C=O) groups is 1. The molecule has 1 amide bonds. The van der Waals surface area contributed by atoms with Gasteiger partial charge in [-0.25, -0.2) is 5.43 Å². The molecule has 0 saturated heterocycles. The third kappa shape index (κ3) is 1.58. The van der Waals surface area contributed by atoms with E-state index in [0.717, 1.165) is 12.1 Å². The second-order valence-corrected chi connectivity index (χ2v) is 4.89. The second-order valence-electron chi connectivity index (χ2n) is 4.89. The van der Waals surface area contributed by atoms with Crippen molar-refractivity contribution in [2.45, 2.75) is 52.4 Å².